The average molecular weight is 506 g/mol. The molecule has 180 valence electrons. The molecule has 0 radical (unpaired) electrons. The maximum Gasteiger partial charge on any atom is 0.416 e. The van der Waals surface area contributed by atoms with Gasteiger partial charge < -0.3 is 10.1 Å². The summed E-state index contributed by atoms with van der Waals surface area (Å²) in [7, 11) is 1.62. The van der Waals surface area contributed by atoms with E-state index in [0.29, 0.717) is 11.4 Å². The molecule has 9 heteroatoms. The zero-order valence-corrected chi connectivity index (χ0v) is 19.7. The van der Waals surface area contributed by atoms with Crippen LogP contribution in [0.25, 0.3) is 31.9 Å². The number of nitrogens with one attached hydrogen (secondary N) is 1. The van der Waals surface area contributed by atoms with Gasteiger partial charge in [-0.15, -0.1) is 11.3 Å². The van der Waals surface area contributed by atoms with Crippen LogP contribution in [0.3, 0.4) is 0 Å². The second-order valence-electron chi connectivity index (χ2n) is 7.89. The van der Waals surface area contributed by atoms with Gasteiger partial charge in [-0.05, 0) is 66.2 Å². The Morgan fingerprint density at radius 3 is 2.44 bits per heavy atom. The number of rotatable bonds is 5. The Hall–Kier alpha value is -4.24. The van der Waals surface area contributed by atoms with Gasteiger partial charge in [0, 0.05) is 27.1 Å². The highest BCUT2D eigenvalue weighted by molar-refractivity contribution is 7.21. The van der Waals surface area contributed by atoms with Gasteiger partial charge in [-0.25, -0.2) is 9.97 Å². The van der Waals surface area contributed by atoms with E-state index in [-0.39, 0.29) is 5.56 Å². The monoisotopic (exact) mass is 505 g/mol. The zero-order valence-electron chi connectivity index (χ0n) is 18.8. The molecule has 0 aliphatic heterocycles. The summed E-state index contributed by atoms with van der Waals surface area (Å²) in [5.74, 6) is 0.132. The quantitative estimate of drug-likeness (QED) is 0.272. The molecule has 3 aromatic carbocycles. The van der Waals surface area contributed by atoms with Crippen molar-refractivity contribution in [3.8, 4) is 27.4 Å². The summed E-state index contributed by atoms with van der Waals surface area (Å²) in [6.07, 6.45) is -3.04. The molecule has 5 nitrogen and oxygen atoms in total. The second-order valence-corrected chi connectivity index (χ2v) is 8.92. The molecule has 0 saturated carbocycles. The number of carbonyl (C=O) groups excluding carboxylic acids is 1. The molecule has 5 aromatic rings. The number of amides is 1. The summed E-state index contributed by atoms with van der Waals surface area (Å²) >= 11 is 1.53. The van der Waals surface area contributed by atoms with Gasteiger partial charge in [0.15, 0.2) is 0 Å². The van der Waals surface area contributed by atoms with E-state index in [9.17, 15) is 18.0 Å². The van der Waals surface area contributed by atoms with Crippen LogP contribution in [-0.4, -0.2) is 23.0 Å². The van der Waals surface area contributed by atoms with Gasteiger partial charge in [0.1, 0.15) is 16.9 Å². The number of aromatic nitrogens is 2. The third-order valence-electron chi connectivity index (χ3n) is 5.55. The molecule has 0 aliphatic rings. The minimum absolute atomic E-state index is 0.0818. The van der Waals surface area contributed by atoms with Gasteiger partial charge in [0.05, 0.1) is 18.4 Å². The van der Waals surface area contributed by atoms with Gasteiger partial charge in [-0.3, -0.25) is 4.79 Å². The van der Waals surface area contributed by atoms with E-state index < -0.39 is 17.6 Å². The maximum absolute atomic E-state index is 13.0. The van der Waals surface area contributed by atoms with Crippen LogP contribution in [0, 0.1) is 0 Å². The summed E-state index contributed by atoms with van der Waals surface area (Å²) in [5.41, 5.74) is 1.92. The first kappa shape index (κ1) is 23.5. The molecule has 0 bridgehead atoms. The maximum atomic E-state index is 13.0. The van der Waals surface area contributed by atoms with Crippen LogP contribution < -0.4 is 10.1 Å². The van der Waals surface area contributed by atoms with E-state index in [2.05, 4.69) is 15.3 Å². The number of hydrogen-bond acceptors (Lipinski definition) is 5. The van der Waals surface area contributed by atoms with Crippen LogP contribution in [0.2, 0.25) is 0 Å². The first-order valence-electron chi connectivity index (χ1n) is 10.8. The van der Waals surface area contributed by atoms with Crippen molar-refractivity contribution < 1.29 is 22.7 Å². The minimum atomic E-state index is -4.53. The molecule has 2 aromatic heterocycles. The number of benzene rings is 3. The molecule has 36 heavy (non-hydrogen) atoms. The standard InChI is InChI=1S/C27H18F3N3O2S/c1-35-21-10-8-16(9-11-21)23-14-22-24(31-15-32-26(22)36-23)17-4-3-7-20(13-17)33-25(34)18-5-2-6-19(12-18)27(28,29)30/h2-15H,1H3,(H,33,34). The van der Waals surface area contributed by atoms with Crippen LogP contribution >= 0.6 is 11.3 Å². The van der Waals surface area contributed by atoms with Crippen LogP contribution in [0.15, 0.2) is 85.2 Å². The van der Waals surface area contributed by atoms with Crippen LogP contribution in [0.4, 0.5) is 18.9 Å². The summed E-state index contributed by atoms with van der Waals surface area (Å²) in [4.78, 5) is 23.3. The number of anilines is 1. The van der Waals surface area contributed by atoms with E-state index in [4.69, 9.17) is 4.74 Å². The molecule has 0 spiro atoms. The largest absolute Gasteiger partial charge is 0.497 e. The first-order valence-corrected chi connectivity index (χ1v) is 11.6. The average Bonchev–Trinajstić information content (AvgIpc) is 3.33. The summed E-state index contributed by atoms with van der Waals surface area (Å²) < 4.78 is 44.3. The molecule has 0 aliphatic carbocycles. The molecule has 2 heterocycles. The number of methoxy groups -OCH3 is 1. The van der Waals surface area contributed by atoms with Crippen molar-refractivity contribution in [2.45, 2.75) is 6.18 Å². The number of thiophene rings is 1. The van der Waals surface area contributed by atoms with E-state index in [1.807, 2.05) is 36.4 Å². The summed E-state index contributed by atoms with van der Waals surface area (Å²) in [6.45, 7) is 0. The normalized spacial score (nSPS) is 11.4. The minimum Gasteiger partial charge on any atom is -0.497 e. The molecule has 0 unspecified atom stereocenters. The lowest BCUT2D eigenvalue weighted by Crippen LogP contribution is -2.14. The summed E-state index contributed by atoms with van der Waals surface area (Å²) in [6, 6.07) is 21.1. The highest BCUT2D eigenvalue weighted by atomic mass is 32.1. The Bertz CT molecular complexity index is 1560. The van der Waals surface area contributed by atoms with E-state index in [1.165, 1.54) is 29.8 Å². The predicted octanol–water partition coefficient (Wildman–Crippen LogP) is 7.31. The SMILES string of the molecule is COc1ccc(-c2cc3c(-c4cccc(NC(=O)c5cccc(C(F)(F)F)c5)c4)ncnc3s2)cc1. The lowest BCUT2D eigenvalue weighted by atomic mass is 10.1. The highest BCUT2D eigenvalue weighted by Gasteiger charge is 2.30. The van der Waals surface area contributed by atoms with Gasteiger partial charge in [-0.1, -0.05) is 18.2 Å². The smallest absolute Gasteiger partial charge is 0.416 e. The van der Waals surface area contributed by atoms with Crippen LogP contribution in [0.5, 0.6) is 5.75 Å². The number of carbonyl (C=O) groups is 1. The molecule has 1 N–H and O–H groups in total. The second kappa shape index (κ2) is 9.43. The van der Waals surface area contributed by atoms with Crippen molar-refractivity contribution in [1.82, 2.24) is 9.97 Å². The molecule has 1 amide bonds. The topological polar surface area (TPSA) is 64.1 Å². The van der Waals surface area contributed by atoms with E-state index in [0.717, 1.165) is 44.1 Å². The molecule has 0 fully saturated rings. The fourth-order valence-electron chi connectivity index (χ4n) is 3.77. The predicted molar refractivity (Wildman–Crippen MR) is 134 cm³/mol. The van der Waals surface area contributed by atoms with Crippen molar-refractivity contribution in [1.29, 1.82) is 0 Å². The van der Waals surface area contributed by atoms with Crippen molar-refractivity contribution in [2.75, 3.05) is 12.4 Å². The fourth-order valence-corrected chi connectivity index (χ4v) is 4.77. The van der Waals surface area contributed by atoms with E-state index in [1.54, 1.807) is 25.3 Å². The Labute approximate surface area is 208 Å². The number of alkyl halides is 3. The van der Waals surface area contributed by atoms with Crippen molar-refractivity contribution in [3.63, 3.8) is 0 Å². The van der Waals surface area contributed by atoms with E-state index >= 15 is 0 Å². The lowest BCUT2D eigenvalue weighted by molar-refractivity contribution is -0.137. The first-order chi connectivity index (χ1) is 17.3. The third kappa shape index (κ3) is 4.78. The Morgan fingerprint density at radius 2 is 1.69 bits per heavy atom. The third-order valence-corrected chi connectivity index (χ3v) is 6.64. The van der Waals surface area contributed by atoms with Gasteiger partial charge in [0.25, 0.3) is 5.91 Å². The fraction of sp³-hybridized carbons (Fsp3) is 0.0741. The molecule has 0 saturated heterocycles. The number of ether oxygens (including phenoxy) is 1. The molecule has 5 rings (SSSR count). The number of fused-ring (bicyclic) bond motifs is 1. The van der Waals surface area contributed by atoms with Crippen LogP contribution in [-0.2, 0) is 6.18 Å². The molecular weight excluding hydrogens is 487 g/mol. The number of hydrogen-bond donors (Lipinski definition) is 1. The summed E-state index contributed by atoms with van der Waals surface area (Å²) in [5, 5.41) is 3.53. The molecular formula is C27H18F3N3O2S. The highest BCUT2D eigenvalue weighted by Crippen LogP contribution is 2.37. The molecule has 0 atom stereocenters. The van der Waals surface area contributed by atoms with Crippen molar-refractivity contribution in [2.24, 2.45) is 0 Å². The zero-order chi connectivity index (χ0) is 25.3. The van der Waals surface area contributed by atoms with Gasteiger partial charge in [0.2, 0.25) is 0 Å². The van der Waals surface area contributed by atoms with Crippen molar-refractivity contribution in [3.05, 3.63) is 96.3 Å². The Morgan fingerprint density at radius 1 is 0.917 bits per heavy atom. The van der Waals surface area contributed by atoms with Crippen molar-refractivity contribution >= 4 is 33.1 Å². The van der Waals surface area contributed by atoms with Crippen LogP contribution in [0.1, 0.15) is 15.9 Å². The lowest BCUT2D eigenvalue weighted by Gasteiger charge is -2.10. The number of nitrogens with zero attached hydrogens (tertiary/aromatic N) is 2. The Balaban J connectivity index is 1.44. The van der Waals surface area contributed by atoms with Gasteiger partial charge in [-0.2, -0.15) is 13.2 Å². The number of halogens is 3. The van der Waals surface area contributed by atoms with Gasteiger partial charge >= 0.3 is 6.18 Å². The Kier molecular flexibility index (Phi) is 6.15.